The minimum absolute atomic E-state index is 0.218. The molecular formula is C9H13ClN4O. The highest BCUT2D eigenvalue weighted by molar-refractivity contribution is 6.28. The zero-order valence-corrected chi connectivity index (χ0v) is 8.96. The number of nitrogens with one attached hydrogen (secondary N) is 2. The predicted molar refractivity (Wildman–Crippen MR) is 59.3 cm³/mol. The Labute approximate surface area is 92.9 Å². The monoisotopic (exact) mass is 228 g/mol. The van der Waals surface area contributed by atoms with Crippen LogP contribution in [0.5, 0.6) is 0 Å². The fourth-order valence-electron chi connectivity index (χ4n) is 1.59. The summed E-state index contributed by atoms with van der Waals surface area (Å²) in [7, 11) is 0. The average molecular weight is 229 g/mol. The van der Waals surface area contributed by atoms with Crippen LogP contribution in [0.15, 0.2) is 6.20 Å². The molecule has 0 fully saturated rings. The maximum atomic E-state index is 8.74. The lowest BCUT2D eigenvalue weighted by Gasteiger charge is -2.26. The van der Waals surface area contributed by atoms with E-state index in [1.165, 1.54) is 0 Å². The Morgan fingerprint density at radius 1 is 1.60 bits per heavy atom. The van der Waals surface area contributed by atoms with E-state index in [9.17, 15) is 0 Å². The molecular weight excluding hydrogens is 216 g/mol. The van der Waals surface area contributed by atoms with Crippen molar-refractivity contribution < 1.29 is 5.11 Å². The summed E-state index contributed by atoms with van der Waals surface area (Å²) in [4.78, 5) is 7.98. The largest absolute Gasteiger partial charge is 0.396 e. The van der Waals surface area contributed by atoms with Crippen molar-refractivity contribution in [3.05, 3.63) is 11.5 Å². The predicted octanol–water partition coefficient (Wildman–Crippen LogP) is 1.11. The zero-order chi connectivity index (χ0) is 10.7. The number of aliphatic hydroxyl groups is 1. The number of hydrogen-bond acceptors (Lipinski definition) is 5. The first-order chi connectivity index (χ1) is 7.29. The first kappa shape index (κ1) is 10.4. The molecule has 0 saturated carbocycles. The molecule has 0 aliphatic carbocycles. The quantitative estimate of drug-likeness (QED) is 0.676. The van der Waals surface area contributed by atoms with Gasteiger partial charge in [-0.3, -0.25) is 0 Å². The van der Waals surface area contributed by atoms with E-state index in [2.05, 4.69) is 20.6 Å². The van der Waals surface area contributed by atoms with Gasteiger partial charge in [0.25, 0.3) is 0 Å². The van der Waals surface area contributed by atoms with E-state index in [4.69, 9.17) is 16.7 Å². The van der Waals surface area contributed by atoms with E-state index in [0.717, 1.165) is 30.9 Å². The Hall–Kier alpha value is -1.07. The van der Waals surface area contributed by atoms with Gasteiger partial charge in [0.15, 0.2) is 5.82 Å². The van der Waals surface area contributed by atoms with Crippen molar-refractivity contribution in [1.82, 2.24) is 9.97 Å². The number of anilines is 2. The molecule has 6 heteroatoms. The van der Waals surface area contributed by atoms with Crippen LogP contribution in [0.1, 0.15) is 12.8 Å². The first-order valence-electron chi connectivity index (χ1n) is 4.93. The maximum absolute atomic E-state index is 8.74. The van der Waals surface area contributed by atoms with Gasteiger partial charge in [0.1, 0.15) is 0 Å². The number of aromatic nitrogens is 2. The van der Waals surface area contributed by atoms with Crippen molar-refractivity contribution in [2.75, 3.05) is 23.8 Å². The fraction of sp³-hybridized carbons (Fsp3) is 0.556. The summed E-state index contributed by atoms with van der Waals surface area (Å²) >= 11 is 5.70. The highest BCUT2D eigenvalue weighted by Gasteiger charge is 2.18. The second-order valence-corrected chi connectivity index (χ2v) is 3.83. The third kappa shape index (κ3) is 2.49. The summed E-state index contributed by atoms with van der Waals surface area (Å²) < 4.78 is 0. The lowest BCUT2D eigenvalue weighted by atomic mass is 10.1. The molecule has 1 aromatic heterocycles. The number of nitrogens with zero attached hydrogens (tertiary/aromatic N) is 2. The van der Waals surface area contributed by atoms with Gasteiger partial charge in [0.05, 0.1) is 11.9 Å². The van der Waals surface area contributed by atoms with Crippen LogP contribution >= 0.6 is 11.6 Å². The van der Waals surface area contributed by atoms with Crippen molar-refractivity contribution >= 4 is 23.1 Å². The second-order valence-electron chi connectivity index (χ2n) is 3.49. The molecule has 3 N–H and O–H groups in total. The number of hydrogen-bond donors (Lipinski definition) is 3. The topological polar surface area (TPSA) is 70.1 Å². The summed E-state index contributed by atoms with van der Waals surface area (Å²) in [6, 6.07) is 0.288. The van der Waals surface area contributed by atoms with Gasteiger partial charge in [0.2, 0.25) is 5.28 Å². The van der Waals surface area contributed by atoms with E-state index in [-0.39, 0.29) is 17.9 Å². The van der Waals surface area contributed by atoms with E-state index >= 15 is 0 Å². The molecule has 1 aliphatic rings. The Balaban J connectivity index is 2.05. The number of halogens is 1. The maximum Gasteiger partial charge on any atom is 0.224 e. The standard InChI is InChI=1S/C9H13ClN4O/c10-9-12-5-7-8(14-9)13-6(4-11-7)2-1-3-15/h5-6,11,15H,1-4H2,(H,12,13,14)/t6-/m0/s1. The van der Waals surface area contributed by atoms with Crippen molar-refractivity contribution in [1.29, 1.82) is 0 Å². The highest BCUT2D eigenvalue weighted by atomic mass is 35.5. The SMILES string of the molecule is OCCC[C@H]1CNc2cnc(Cl)nc2N1. The van der Waals surface area contributed by atoms with Crippen LogP contribution in [0.25, 0.3) is 0 Å². The van der Waals surface area contributed by atoms with Crippen LogP contribution in [0.4, 0.5) is 11.5 Å². The smallest absolute Gasteiger partial charge is 0.224 e. The summed E-state index contributed by atoms with van der Waals surface area (Å²) in [6.45, 7) is 1.04. The molecule has 2 rings (SSSR count). The number of aliphatic hydroxyl groups excluding tert-OH is 1. The molecule has 0 spiro atoms. The van der Waals surface area contributed by atoms with Crippen molar-refractivity contribution in [3.8, 4) is 0 Å². The van der Waals surface area contributed by atoms with E-state index < -0.39 is 0 Å². The molecule has 0 bridgehead atoms. The van der Waals surface area contributed by atoms with Crippen LogP contribution in [-0.2, 0) is 0 Å². The third-order valence-electron chi connectivity index (χ3n) is 2.35. The van der Waals surface area contributed by atoms with Gasteiger partial charge in [-0.2, -0.15) is 4.98 Å². The molecule has 82 valence electrons. The minimum atomic E-state index is 0.218. The Morgan fingerprint density at radius 3 is 3.27 bits per heavy atom. The average Bonchev–Trinajstić information content (AvgIpc) is 2.25. The summed E-state index contributed by atoms with van der Waals surface area (Å²) in [5, 5.41) is 15.5. The van der Waals surface area contributed by atoms with Gasteiger partial charge in [-0.25, -0.2) is 4.98 Å². The Morgan fingerprint density at radius 2 is 2.47 bits per heavy atom. The second kappa shape index (κ2) is 4.63. The highest BCUT2D eigenvalue weighted by Crippen LogP contribution is 2.24. The molecule has 1 aliphatic heterocycles. The van der Waals surface area contributed by atoms with Gasteiger partial charge in [-0.05, 0) is 24.4 Å². The van der Waals surface area contributed by atoms with Crippen LogP contribution < -0.4 is 10.6 Å². The van der Waals surface area contributed by atoms with Crippen molar-refractivity contribution in [2.45, 2.75) is 18.9 Å². The molecule has 1 aromatic rings. The molecule has 0 unspecified atom stereocenters. The van der Waals surface area contributed by atoms with E-state index in [1.807, 2.05) is 0 Å². The molecule has 15 heavy (non-hydrogen) atoms. The van der Waals surface area contributed by atoms with Gasteiger partial charge in [-0.1, -0.05) is 0 Å². The molecule has 0 amide bonds. The van der Waals surface area contributed by atoms with Crippen LogP contribution in [0.2, 0.25) is 5.28 Å². The summed E-state index contributed by atoms with van der Waals surface area (Å²) in [6.07, 6.45) is 3.36. The summed E-state index contributed by atoms with van der Waals surface area (Å²) in [5.74, 6) is 0.740. The molecule has 0 aromatic carbocycles. The first-order valence-corrected chi connectivity index (χ1v) is 5.31. The fourth-order valence-corrected chi connectivity index (χ4v) is 1.72. The van der Waals surface area contributed by atoms with E-state index in [0.29, 0.717) is 0 Å². The van der Waals surface area contributed by atoms with Crippen LogP contribution in [0.3, 0.4) is 0 Å². The minimum Gasteiger partial charge on any atom is -0.396 e. The molecule has 0 radical (unpaired) electrons. The van der Waals surface area contributed by atoms with Crippen molar-refractivity contribution in [2.24, 2.45) is 0 Å². The van der Waals surface area contributed by atoms with Crippen molar-refractivity contribution in [3.63, 3.8) is 0 Å². The van der Waals surface area contributed by atoms with Gasteiger partial charge in [0, 0.05) is 19.2 Å². The molecule has 0 saturated heterocycles. The zero-order valence-electron chi connectivity index (χ0n) is 8.20. The van der Waals surface area contributed by atoms with Gasteiger partial charge >= 0.3 is 0 Å². The third-order valence-corrected chi connectivity index (χ3v) is 2.53. The lowest BCUT2D eigenvalue weighted by molar-refractivity contribution is 0.281. The van der Waals surface area contributed by atoms with Crippen LogP contribution in [-0.4, -0.2) is 34.3 Å². The number of fused-ring (bicyclic) bond motifs is 1. The molecule has 2 heterocycles. The molecule has 5 nitrogen and oxygen atoms in total. The number of rotatable bonds is 3. The van der Waals surface area contributed by atoms with Gasteiger partial charge in [-0.15, -0.1) is 0 Å². The lowest BCUT2D eigenvalue weighted by Crippen LogP contribution is -2.33. The Kier molecular flexibility index (Phi) is 3.23. The van der Waals surface area contributed by atoms with E-state index in [1.54, 1.807) is 6.20 Å². The van der Waals surface area contributed by atoms with Gasteiger partial charge < -0.3 is 15.7 Å². The Bertz CT molecular complexity index is 347. The normalized spacial score (nSPS) is 18.9. The van der Waals surface area contributed by atoms with Crippen LogP contribution in [0, 0.1) is 0 Å². The molecule has 1 atom stereocenters. The summed E-state index contributed by atoms with van der Waals surface area (Å²) in [5.41, 5.74) is 0.875.